The van der Waals surface area contributed by atoms with Gasteiger partial charge in [0.1, 0.15) is 0 Å². The maximum absolute atomic E-state index is 4.61. The van der Waals surface area contributed by atoms with E-state index in [2.05, 4.69) is 55.1 Å². The molecule has 4 nitrogen and oxygen atoms in total. The van der Waals surface area contributed by atoms with Gasteiger partial charge in [0.05, 0.1) is 0 Å². The molecule has 1 fully saturated rings. The van der Waals surface area contributed by atoms with E-state index in [9.17, 15) is 0 Å². The summed E-state index contributed by atoms with van der Waals surface area (Å²) in [4.78, 5) is 10.6. The first kappa shape index (κ1) is 15.7. The molecule has 0 aromatic carbocycles. The Hall–Kier alpha value is -0.650. The van der Waals surface area contributed by atoms with Crippen molar-refractivity contribution < 1.29 is 0 Å². The highest BCUT2D eigenvalue weighted by molar-refractivity contribution is 7.15. The van der Waals surface area contributed by atoms with Crippen LogP contribution in [0.3, 0.4) is 0 Å². The first-order chi connectivity index (χ1) is 9.48. The third-order valence-corrected chi connectivity index (χ3v) is 5.83. The number of nitrogens with zero attached hydrogens (tertiary/aromatic N) is 3. The average Bonchev–Trinajstić information content (AvgIpc) is 2.83. The normalized spacial score (nSPS) is 18.9. The largest absolute Gasteiger partial charge is 0.349 e. The number of thiazole rings is 1. The van der Waals surface area contributed by atoms with Crippen LogP contribution in [0.4, 0.5) is 5.13 Å². The first-order valence-corrected chi connectivity index (χ1v) is 8.38. The standard InChI is InChI=1S/C15H28N4S/c1-6-16-12(2)13-10-17-14(20-13)19(5)11-15(18(3)4)8-7-9-15/h10,12,16H,6-9,11H2,1-5H3. The molecule has 1 aliphatic carbocycles. The summed E-state index contributed by atoms with van der Waals surface area (Å²) in [6.07, 6.45) is 5.98. The van der Waals surface area contributed by atoms with Gasteiger partial charge in [-0.1, -0.05) is 6.92 Å². The molecule has 1 aromatic rings. The molecule has 0 bridgehead atoms. The van der Waals surface area contributed by atoms with E-state index < -0.39 is 0 Å². The molecule has 1 atom stereocenters. The highest BCUT2D eigenvalue weighted by Gasteiger charge is 2.40. The minimum atomic E-state index is 0.355. The third kappa shape index (κ3) is 3.15. The molecule has 0 saturated heterocycles. The van der Waals surface area contributed by atoms with Gasteiger partial charge in [-0.05, 0) is 46.8 Å². The van der Waals surface area contributed by atoms with Crippen LogP contribution in [0.25, 0.3) is 0 Å². The summed E-state index contributed by atoms with van der Waals surface area (Å²) < 4.78 is 0. The summed E-state index contributed by atoms with van der Waals surface area (Å²) in [6, 6.07) is 0.395. The minimum absolute atomic E-state index is 0.355. The Morgan fingerprint density at radius 1 is 1.40 bits per heavy atom. The molecule has 1 unspecified atom stereocenters. The van der Waals surface area contributed by atoms with Crippen molar-refractivity contribution in [1.82, 2.24) is 15.2 Å². The zero-order valence-corrected chi connectivity index (χ0v) is 14.3. The molecule has 20 heavy (non-hydrogen) atoms. The molecular formula is C15H28N4S. The maximum atomic E-state index is 4.61. The van der Waals surface area contributed by atoms with Gasteiger partial charge in [0.15, 0.2) is 5.13 Å². The highest BCUT2D eigenvalue weighted by Crippen LogP contribution is 2.38. The van der Waals surface area contributed by atoms with E-state index in [0.29, 0.717) is 11.6 Å². The van der Waals surface area contributed by atoms with Gasteiger partial charge in [0.25, 0.3) is 0 Å². The van der Waals surface area contributed by atoms with E-state index in [1.807, 2.05) is 17.5 Å². The molecule has 5 heteroatoms. The van der Waals surface area contributed by atoms with Gasteiger partial charge in [-0.25, -0.2) is 4.98 Å². The summed E-state index contributed by atoms with van der Waals surface area (Å²) in [5.41, 5.74) is 0.355. The molecule has 0 amide bonds. The quantitative estimate of drug-likeness (QED) is 0.838. The summed E-state index contributed by atoms with van der Waals surface area (Å²) in [6.45, 7) is 6.41. The molecule has 1 heterocycles. The zero-order chi connectivity index (χ0) is 14.8. The van der Waals surface area contributed by atoms with Crippen LogP contribution in [-0.4, -0.2) is 49.7 Å². The van der Waals surface area contributed by atoms with Gasteiger partial charge in [-0.3, -0.25) is 0 Å². The fourth-order valence-corrected chi connectivity index (χ4v) is 3.80. The summed E-state index contributed by atoms with van der Waals surface area (Å²) in [5.74, 6) is 0. The van der Waals surface area contributed by atoms with Gasteiger partial charge in [-0.2, -0.15) is 0 Å². The van der Waals surface area contributed by atoms with Crippen molar-refractivity contribution in [3.8, 4) is 0 Å². The van der Waals surface area contributed by atoms with Crippen LogP contribution in [0.5, 0.6) is 0 Å². The Labute approximate surface area is 127 Å². The Balaban J connectivity index is 2.01. The van der Waals surface area contributed by atoms with E-state index in [4.69, 9.17) is 0 Å². The lowest BCUT2D eigenvalue weighted by Crippen LogP contribution is -2.56. The van der Waals surface area contributed by atoms with Crippen LogP contribution < -0.4 is 10.2 Å². The lowest BCUT2D eigenvalue weighted by Gasteiger charge is -2.49. The lowest BCUT2D eigenvalue weighted by molar-refractivity contribution is 0.0683. The summed E-state index contributed by atoms with van der Waals surface area (Å²) in [5, 5.41) is 4.58. The smallest absolute Gasteiger partial charge is 0.185 e. The molecule has 0 radical (unpaired) electrons. The highest BCUT2D eigenvalue weighted by atomic mass is 32.1. The van der Waals surface area contributed by atoms with Crippen molar-refractivity contribution >= 4 is 16.5 Å². The Morgan fingerprint density at radius 3 is 2.60 bits per heavy atom. The molecule has 1 N–H and O–H groups in total. The predicted octanol–water partition coefficient (Wildman–Crippen LogP) is 2.73. The van der Waals surface area contributed by atoms with Crippen molar-refractivity contribution in [3.05, 3.63) is 11.1 Å². The lowest BCUT2D eigenvalue weighted by atomic mass is 9.75. The second-order valence-corrected chi connectivity index (χ2v) is 7.19. The molecular weight excluding hydrogens is 268 g/mol. The molecule has 114 valence electrons. The number of rotatable bonds is 7. The fourth-order valence-electron chi connectivity index (χ4n) is 2.90. The number of nitrogens with one attached hydrogen (secondary N) is 1. The van der Waals surface area contributed by atoms with Crippen LogP contribution in [0.1, 0.15) is 44.0 Å². The number of likely N-dealkylation sites (N-methyl/N-ethyl adjacent to an activating group) is 2. The maximum Gasteiger partial charge on any atom is 0.185 e. The van der Waals surface area contributed by atoms with Gasteiger partial charge in [0, 0.05) is 36.2 Å². The Kier molecular flexibility index (Phi) is 5.04. The molecule has 1 aromatic heterocycles. The van der Waals surface area contributed by atoms with Crippen molar-refractivity contribution in [3.63, 3.8) is 0 Å². The van der Waals surface area contributed by atoms with Crippen molar-refractivity contribution in [2.24, 2.45) is 0 Å². The summed E-state index contributed by atoms with van der Waals surface area (Å²) in [7, 11) is 6.57. The van der Waals surface area contributed by atoms with Crippen molar-refractivity contribution in [2.75, 3.05) is 39.1 Å². The van der Waals surface area contributed by atoms with Gasteiger partial charge in [-0.15, -0.1) is 11.3 Å². The molecule has 0 aliphatic heterocycles. The predicted molar refractivity (Wildman–Crippen MR) is 87.7 cm³/mol. The van der Waals surface area contributed by atoms with E-state index in [1.54, 1.807) is 0 Å². The monoisotopic (exact) mass is 296 g/mol. The van der Waals surface area contributed by atoms with E-state index >= 15 is 0 Å². The van der Waals surface area contributed by atoms with E-state index in [-0.39, 0.29) is 0 Å². The van der Waals surface area contributed by atoms with Crippen molar-refractivity contribution in [1.29, 1.82) is 0 Å². The van der Waals surface area contributed by atoms with E-state index in [0.717, 1.165) is 18.2 Å². The van der Waals surface area contributed by atoms with Gasteiger partial charge >= 0.3 is 0 Å². The van der Waals surface area contributed by atoms with Crippen LogP contribution in [-0.2, 0) is 0 Å². The molecule has 2 rings (SSSR count). The van der Waals surface area contributed by atoms with Gasteiger partial charge < -0.3 is 15.1 Å². The average molecular weight is 296 g/mol. The topological polar surface area (TPSA) is 31.4 Å². The summed E-state index contributed by atoms with van der Waals surface area (Å²) >= 11 is 1.81. The van der Waals surface area contributed by atoms with Crippen molar-refractivity contribution in [2.45, 2.75) is 44.7 Å². The first-order valence-electron chi connectivity index (χ1n) is 7.56. The molecule has 1 aliphatic rings. The fraction of sp³-hybridized carbons (Fsp3) is 0.800. The van der Waals surface area contributed by atoms with Crippen LogP contribution in [0.15, 0.2) is 6.20 Å². The van der Waals surface area contributed by atoms with Crippen LogP contribution >= 0.6 is 11.3 Å². The Morgan fingerprint density at radius 2 is 2.10 bits per heavy atom. The number of hydrogen-bond acceptors (Lipinski definition) is 5. The zero-order valence-electron chi connectivity index (χ0n) is 13.4. The van der Waals surface area contributed by atoms with Gasteiger partial charge in [0.2, 0.25) is 0 Å². The number of anilines is 1. The number of aromatic nitrogens is 1. The van der Waals surface area contributed by atoms with E-state index in [1.165, 1.54) is 24.1 Å². The third-order valence-electron chi connectivity index (χ3n) is 4.54. The number of hydrogen-bond donors (Lipinski definition) is 1. The second-order valence-electron chi connectivity index (χ2n) is 6.15. The minimum Gasteiger partial charge on any atom is -0.349 e. The molecule has 1 saturated carbocycles. The van der Waals surface area contributed by atoms with Crippen LogP contribution in [0.2, 0.25) is 0 Å². The second kappa shape index (κ2) is 6.41. The molecule has 0 spiro atoms. The Bertz CT molecular complexity index is 425. The SMILES string of the molecule is CCNC(C)c1cnc(N(C)CC2(N(C)C)CCC2)s1. The van der Waals surface area contributed by atoms with Crippen LogP contribution in [0, 0.1) is 0 Å².